The zero-order chi connectivity index (χ0) is 14.7. The van der Waals surface area contributed by atoms with Crippen molar-refractivity contribution in [3.05, 3.63) is 45.9 Å². The van der Waals surface area contributed by atoms with Crippen molar-refractivity contribution in [3.63, 3.8) is 0 Å². The Kier molecular flexibility index (Phi) is 3.60. The van der Waals surface area contributed by atoms with E-state index in [-0.39, 0.29) is 11.6 Å². The zero-order valence-corrected chi connectivity index (χ0v) is 10.2. The van der Waals surface area contributed by atoms with E-state index in [1.807, 2.05) is 0 Å². The third-order valence-electron chi connectivity index (χ3n) is 2.43. The molecule has 20 heavy (non-hydrogen) atoms. The van der Waals surface area contributed by atoms with E-state index in [0.717, 1.165) is 6.07 Å². The molecular formula is C11H9FN4O4. The minimum atomic E-state index is -0.891. The summed E-state index contributed by atoms with van der Waals surface area (Å²) >= 11 is 0. The highest BCUT2D eigenvalue weighted by Gasteiger charge is 2.30. The van der Waals surface area contributed by atoms with E-state index in [1.165, 1.54) is 25.3 Å². The third kappa shape index (κ3) is 2.41. The maximum absolute atomic E-state index is 13.4. The van der Waals surface area contributed by atoms with Gasteiger partial charge in [0, 0.05) is 0 Å². The van der Waals surface area contributed by atoms with Crippen LogP contribution in [0, 0.1) is 15.9 Å². The number of hydrogen-bond acceptors (Lipinski definition) is 5. The molecule has 2 N–H and O–H groups in total. The van der Waals surface area contributed by atoms with Crippen LogP contribution in [0.25, 0.3) is 0 Å². The zero-order valence-electron chi connectivity index (χ0n) is 10.2. The number of nitro groups is 1. The summed E-state index contributed by atoms with van der Waals surface area (Å²) < 4.78 is 18.1. The van der Waals surface area contributed by atoms with Gasteiger partial charge in [0.15, 0.2) is 0 Å². The molecule has 0 saturated carbocycles. The van der Waals surface area contributed by atoms with Crippen molar-refractivity contribution >= 4 is 17.3 Å². The highest BCUT2D eigenvalue weighted by Crippen LogP contribution is 2.28. The number of anilines is 1. The van der Waals surface area contributed by atoms with E-state index in [4.69, 9.17) is 0 Å². The SMILES string of the molecule is COc1n[nH]c(C(=O)Nc2ccccc2F)c1[N+](=O)[O-]. The third-order valence-corrected chi connectivity index (χ3v) is 2.43. The smallest absolute Gasteiger partial charge is 0.362 e. The molecule has 0 aliphatic carbocycles. The number of methoxy groups -OCH3 is 1. The van der Waals surface area contributed by atoms with E-state index in [9.17, 15) is 19.3 Å². The van der Waals surface area contributed by atoms with Crippen LogP contribution in [0.15, 0.2) is 24.3 Å². The molecule has 0 aliphatic heterocycles. The van der Waals surface area contributed by atoms with E-state index in [0.29, 0.717) is 0 Å². The summed E-state index contributed by atoms with van der Waals surface area (Å²) in [5.41, 5.74) is -1.13. The fraction of sp³-hybridized carbons (Fsp3) is 0.0909. The molecule has 0 radical (unpaired) electrons. The molecule has 104 valence electrons. The number of hydrogen-bond donors (Lipinski definition) is 2. The Hall–Kier alpha value is -2.97. The number of ether oxygens (including phenoxy) is 1. The molecule has 0 atom stereocenters. The predicted molar refractivity (Wildman–Crippen MR) is 66.1 cm³/mol. The quantitative estimate of drug-likeness (QED) is 0.654. The lowest BCUT2D eigenvalue weighted by atomic mass is 10.3. The topological polar surface area (TPSA) is 110 Å². The average Bonchev–Trinajstić information content (AvgIpc) is 2.85. The number of aromatic amines is 1. The summed E-state index contributed by atoms with van der Waals surface area (Å²) in [7, 11) is 1.18. The number of amides is 1. The monoisotopic (exact) mass is 280 g/mol. The first-order valence-electron chi connectivity index (χ1n) is 5.37. The second kappa shape index (κ2) is 5.34. The Morgan fingerprint density at radius 3 is 2.80 bits per heavy atom. The maximum Gasteiger partial charge on any atom is 0.362 e. The standard InChI is InChI=1S/C11H9FN4O4/c1-20-11-9(16(18)19)8(14-15-11)10(17)13-7-5-3-2-4-6(7)12/h2-5H,1H3,(H,13,17)(H,14,15). The molecule has 1 aromatic heterocycles. The fourth-order valence-electron chi connectivity index (χ4n) is 1.54. The van der Waals surface area contributed by atoms with Gasteiger partial charge < -0.3 is 10.1 Å². The summed E-state index contributed by atoms with van der Waals surface area (Å²) in [5, 5.41) is 18.8. The molecule has 1 heterocycles. The van der Waals surface area contributed by atoms with Gasteiger partial charge in [-0.3, -0.25) is 20.0 Å². The van der Waals surface area contributed by atoms with Crippen LogP contribution in [0.1, 0.15) is 10.5 Å². The molecule has 0 unspecified atom stereocenters. The first-order valence-corrected chi connectivity index (χ1v) is 5.37. The molecular weight excluding hydrogens is 271 g/mol. The Morgan fingerprint density at radius 1 is 1.50 bits per heavy atom. The summed E-state index contributed by atoms with van der Waals surface area (Å²) in [5.74, 6) is -1.87. The van der Waals surface area contributed by atoms with Crippen molar-refractivity contribution in [1.29, 1.82) is 0 Å². The molecule has 0 bridgehead atoms. The number of rotatable bonds is 4. The van der Waals surface area contributed by atoms with E-state index < -0.39 is 28.0 Å². The lowest BCUT2D eigenvalue weighted by Crippen LogP contribution is -2.15. The Morgan fingerprint density at radius 2 is 2.20 bits per heavy atom. The van der Waals surface area contributed by atoms with Gasteiger partial charge in [-0.15, -0.1) is 5.10 Å². The van der Waals surface area contributed by atoms with Crippen molar-refractivity contribution in [2.24, 2.45) is 0 Å². The van der Waals surface area contributed by atoms with Gasteiger partial charge >= 0.3 is 11.6 Å². The van der Waals surface area contributed by atoms with E-state index in [1.54, 1.807) is 0 Å². The number of aromatic nitrogens is 2. The normalized spacial score (nSPS) is 10.1. The first kappa shape index (κ1) is 13.5. The van der Waals surface area contributed by atoms with Gasteiger partial charge in [-0.1, -0.05) is 12.1 Å². The number of carbonyl (C=O) groups excluding carboxylic acids is 1. The molecule has 8 nitrogen and oxygen atoms in total. The van der Waals surface area contributed by atoms with Crippen molar-refractivity contribution in [1.82, 2.24) is 10.2 Å². The molecule has 0 aliphatic rings. The van der Waals surface area contributed by atoms with Gasteiger partial charge in [0.05, 0.1) is 17.7 Å². The largest absolute Gasteiger partial charge is 0.475 e. The fourth-order valence-corrected chi connectivity index (χ4v) is 1.54. The van der Waals surface area contributed by atoms with Crippen LogP contribution in [-0.4, -0.2) is 28.1 Å². The molecule has 9 heteroatoms. The van der Waals surface area contributed by atoms with Crippen LogP contribution in [0.2, 0.25) is 0 Å². The van der Waals surface area contributed by atoms with Gasteiger partial charge in [-0.05, 0) is 12.1 Å². The lowest BCUT2D eigenvalue weighted by molar-refractivity contribution is -0.386. The molecule has 0 saturated heterocycles. The Bertz CT molecular complexity index is 670. The maximum atomic E-state index is 13.4. The minimum Gasteiger partial charge on any atom is -0.475 e. The van der Waals surface area contributed by atoms with E-state index in [2.05, 4.69) is 20.3 Å². The predicted octanol–water partition coefficient (Wildman–Crippen LogP) is 1.72. The summed E-state index contributed by atoms with van der Waals surface area (Å²) in [4.78, 5) is 22.0. The number of carbonyl (C=O) groups is 1. The molecule has 1 aromatic carbocycles. The van der Waals surface area contributed by atoms with Crippen LogP contribution in [0.5, 0.6) is 5.88 Å². The Balaban J connectivity index is 2.33. The molecule has 2 aromatic rings. The van der Waals surface area contributed by atoms with Gasteiger partial charge in [0.2, 0.25) is 5.69 Å². The molecule has 2 rings (SSSR count). The number of H-pyrrole nitrogens is 1. The highest BCUT2D eigenvalue weighted by atomic mass is 19.1. The highest BCUT2D eigenvalue weighted by molar-refractivity contribution is 6.06. The number of halogens is 1. The Labute approximate surface area is 111 Å². The second-order valence-electron chi connectivity index (χ2n) is 3.65. The van der Waals surface area contributed by atoms with Gasteiger partial charge in [-0.2, -0.15) is 0 Å². The minimum absolute atomic E-state index is 0.0969. The van der Waals surface area contributed by atoms with Crippen molar-refractivity contribution in [2.75, 3.05) is 12.4 Å². The molecule has 0 fully saturated rings. The number of para-hydroxylation sites is 1. The van der Waals surface area contributed by atoms with Crippen molar-refractivity contribution in [3.8, 4) is 5.88 Å². The van der Waals surface area contributed by atoms with Crippen LogP contribution >= 0.6 is 0 Å². The van der Waals surface area contributed by atoms with Crippen molar-refractivity contribution in [2.45, 2.75) is 0 Å². The van der Waals surface area contributed by atoms with Gasteiger partial charge in [0.25, 0.3) is 5.91 Å². The molecule has 1 amide bonds. The number of benzene rings is 1. The summed E-state index contributed by atoms with van der Waals surface area (Å²) in [6, 6.07) is 5.44. The van der Waals surface area contributed by atoms with E-state index >= 15 is 0 Å². The molecule has 0 spiro atoms. The average molecular weight is 280 g/mol. The number of nitrogens with zero attached hydrogens (tertiary/aromatic N) is 2. The second-order valence-corrected chi connectivity index (χ2v) is 3.65. The van der Waals surface area contributed by atoms with Crippen LogP contribution in [0.3, 0.4) is 0 Å². The van der Waals surface area contributed by atoms with Crippen LogP contribution in [-0.2, 0) is 0 Å². The van der Waals surface area contributed by atoms with Gasteiger partial charge in [0.1, 0.15) is 5.82 Å². The lowest BCUT2D eigenvalue weighted by Gasteiger charge is -2.04. The summed E-state index contributed by atoms with van der Waals surface area (Å²) in [6.45, 7) is 0. The first-order chi connectivity index (χ1) is 9.54. The van der Waals surface area contributed by atoms with Crippen LogP contribution in [0.4, 0.5) is 15.8 Å². The van der Waals surface area contributed by atoms with Gasteiger partial charge in [-0.25, -0.2) is 4.39 Å². The van der Waals surface area contributed by atoms with Crippen molar-refractivity contribution < 1.29 is 18.8 Å². The number of nitrogens with one attached hydrogen (secondary N) is 2. The summed E-state index contributed by atoms with van der Waals surface area (Å²) in [6.07, 6.45) is 0. The van der Waals surface area contributed by atoms with Crippen LogP contribution < -0.4 is 10.1 Å².